The molecule has 1 N–H and O–H groups in total. The number of nitrogens with zero attached hydrogens (tertiary/aromatic N) is 3. The lowest BCUT2D eigenvalue weighted by Crippen LogP contribution is -2.24. The smallest absolute Gasteiger partial charge is 0.358 e. The van der Waals surface area contributed by atoms with Gasteiger partial charge in [-0.1, -0.05) is 0 Å². The summed E-state index contributed by atoms with van der Waals surface area (Å²) in [5.41, 5.74) is 0.646. The maximum atomic E-state index is 12.1. The number of thiazole rings is 1. The Morgan fingerprint density at radius 1 is 1.35 bits per heavy atom. The molecule has 0 aromatic carbocycles. The van der Waals surface area contributed by atoms with Gasteiger partial charge in [-0.3, -0.25) is 0 Å². The van der Waals surface area contributed by atoms with Crippen LogP contribution in [-0.2, 0) is 9.47 Å². The minimum atomic E-state index is -0.550. The lowest BCUT2D eigenvalue weighted by molar-refractivity contribution is 0.00638. The number of aliphatic hydroxyl groups is 1. The lowest BCUT2D eigenvalue weighted by atomic mass is 10.2. The second kappa shape index (κ2) is 9.07. The summed E-state index contributed by atoms with van der Waals surface area (Å²) >= 11 is 1.39. The zero-order valence-corrected chi connectivity index (χ0v) is 16.4. The number of esters is 1. The van der Waals surface area contributed by atoms with E-state index in [1.807, 2.05) is 44.9 Å². The van der Waals surface area contributed by atoms with Gasteiger partial charge in [0.25, 0.3) is 0 Å². The van der Waals surface area contributed by atoms with E-state index < -0.39 is 11.6 Å². The molecule has 0 amide bonds. The molecule has 0 bridgehead atoms. The van der Waals surface area contributed by atoms with Gasteiger partial charge >= 0.3 is 5.97 Å². The third kappa shape index (κ3) is 6.05. The maximum absolute atomic E-state index is 12.1. The van der Waals surface area contributed by atoms with Crippen LogP contribution < -0.4 is 4.90 Å². The second-order valence-corrected chi connectivity index (χ2v) is 7.56. The van der Waals surface area contributed by atoms with Crippen molar-refractivity contribution in [1.82, 2.24) is 9.97 Å². The summed E-state index contributed by atoms with van der Waals surface area (Å²) in [5.74, 6) is 0.358. The largest absolute Gasteiger partial charge is 0.455 e. The molecule has 142 valence electrons. The molecule has 0 radical (unpaired) electrons. The molecule has 0 atom stereocenters. The minimum absolute atomic E-state index is 0.0154. The van der Waals surface area contributed by atoms with Gasteiger partial charge < -0.3 is 19.5 Å². The number of aromatic nitrogens is 2. The maximum Gasteiger partial charge on any atom is 0.358 e. The Balaban J connectivity index is 2.07. The number of ether oxygens (including phenoxy) is 2. The quantitative estimate of drug-likeness (QED) is 0.557. The highest BCUT2D eigenvalue weighted by molar-refractivity contribution is 7.13. The fourth-order valence-electron chi connectivity index (χ4n) is 2.07. The van der Waals surface area contributed by atoms with Crippen LogP contribution in [0.5, 0.6) is 0 Å². The average molecular weight is 379 g/mol. The molecule has 8 heteroatoms. The van der Waals surface area contributed by atoms with Gasteiger partial charge in [-0.15, -0.1) is 11.3 Å². The van der Waals surface area contributed by atoms with Crippen LogP contribution in [0, 0.1) is 0 Å². The van der Waals surface area contributed by atoms with E-state index in [9.17, 15) is 4.79 Å². The van der Waals surface area contributed by atoms with Gasteiger partial charge in [-0.2, -0.15) is 0 Å². The van der Waals surface area contributed by atoms with Crippen molar-refractivity contribution in [3.05, 3.63) is 29.4 Å². The topological polar surface area (TPSA) is 84.8 Å². The normalized spacial score (nSPS) is 11.4. The van der Waals surface area contributed by atoms with Crippen LogP contribution >= 0.6 is 11.3 Å². The molecule has 0 aliphatic heterocycles. The number of likely N-dealkylation sites (N-methyl/N-ethyl adjacent to an activating group) is 1. The van der Waals surface area contributed by atoms with Gasteiger partial charge in [0.1, 0.15) is 16.4 Å². The van der Waals surface area contributed by atoms with Crippen LogP contribution in [0.3, 0.4) is 0 Å². The molecule has 0 aliphatic carbocycles. The average Bonchev–Trinajstić information content (AvgIpc) is 3.07. The Morgan fingerprint density at radius 3 is 2.81 bits per heavy atom. The van der Waals surface area contributed by atoms with E-state index >= 15 is 0 Å². The zero-order valence-electron chi connectivity index (χ0n) is 15.6. The summed E-state index contributed by atoms with van der Waals surface area (Å²) in [4.78, 5) is 22.8. The van der Waals surface area contributed by atoms with E-state index in [1.54, 1.807) is 11.6 Å². The molecular weight excluding hydrogens is 354 g/mol. The first-order chi connectivity index (χ1) is 12.3. The van der Waals surface area contributed by atoms with Crippen molar-refractivity contribution in [2.75, 3.05) is 38.3 Å². The van der Waals surface area contributed by atoms with Gasteiger partial charge in [-0.05, 0) is 32.9 Å². The Bertz CT molecular complexity index is 727. The number of pyridine rings is 1. The van der Waals surface area contributed by atoms with E-state index in [-0.39, 0.29) is 6.61 Å². The molecule has 2 heterocycles. The number of rotatable bonds is 8. The molecule has 0 spiro atoms. The standard InChI is InChI=1S/C18H25N3O4S/c1-18(2,3)25-17(23)14-12-26-16(20-14)13-5-6-19-15(11-13)21(4)7-9-24-10-8-22/h5-6,11-12,22H,7-10H2,1-4H3. The molecule has 0 aliphatic rings. The Morgan fingerprint density at radius 2 is 2.12 bits per heavy atom. The van der Waals surface area contributed by atoms with Gasteiger partial charge in [0.15, 0.2) is 5.69 Å². The van der Waals surface area contributed by atoms with Crippen molar-refractivity contribution in [3.63, 3.8) is 0 Å². The molecule has 2 aromatic heterocycles. The van der Waals surface area contributed by atoms with Gasteiger partial charge in [0.05, 0.1) is 19.8 Å². The van der Waals surface area contributed by atoms with Crippen molar-refractivity contribution in [3.8, 4) is 10.6 Å². The SMILES string of the molecule is CN(CCOCCO)c1cc(-c2nc(C(=O)OC(C)(C)C)cs2)ccn1. The number of hydrogen-bond donors (Lipinski definition) is 1. The zero-order chi connectivity index (χ0) is 19.2. The molecule has 2 aromatic rings. The number of carbonyl (C=O) groups is 1. The van der Waals surface area contributed by atoms with E-state index in [0.717, 1.165) is 16.4 Å². The van der Waals surface area contributed by atoms with Gasteiger partial charge in [-0.25, -0.2) is 14.8 Å². The first kappa shape index (κ1) is 20.3. The molecule has 0 unspecified atom stereocenters. The van der Waals surface area contributed by atoms with Crippen LogP contribution in [0.25, 0.3) is 10.6 Å². The molecule has 0 saturated carbocycles. The lowest BCUT2D eigenvalue weighted by Gasteiger charge is -2.18. The predicted molar refractivity (Wildman–Crippen MR) is 102 cm³/mol. The van der Waals surface area contributed by atoms with Crippen LogP contribution in [0.4, 0.5) is 5.82 Å². The van der Waals surface area contributed by atoms with Crippen molar-refractivity contribution in [2.24, 2.45) is 0 Å². The first-order valence-electron chi connectivity index (χ1n) is 8.35. The molecule has 0 saturated heterocycles. The second-order valence-electron chi connectivity index (χ2n) is 6.70. The molecule has 2 rings (SSSR count). The van der Waals surface area contributed by atoms with Crippen molar-refractivity contribution >= 4 is 23.1 Å². The predicted octanol–water partition coefficient (Wildman–Crippen LogP) is 2.61. The van der Waals surface area contributed by atoms with Crippen molar-refractivity contribution in [1.29, 1.82) is 0 Å². The highest BCUT2D eigenvalue weighted by Crippen LogP contribution is 2.26. The number of aliphatic hydroxyl groups excluding tert-OH is 1. The van der Waals surface area contributed by atoms with Crippen LogP contribution in [-0.4, -0.2) is 60.1 Å². The third-order valence-electron chi connectivity index (χ3n) is 3.30. The van der Waals surface area contributed by atoms with Gasteiger partial charge in [0.2, 0.25) is 0 Å². The third-order valence-corrected chi connectivity index (χ3v) is 4.19. The molecular formula is C18H25N3O4S. The Labute approximate surface area is 157 Å². The van der Waals surface area contributed by atoms with E-state index in [0.29, 0.717) is 25.5 Å². The fraction of sp³-hybridized carbons (Fsp3) is 0.500. The van der Waals surface area contributed by atoms with Gasteiger partial charge in [0, 0.05) is 30.7 Å². The highest BCUT2D eigenvalue weighted by atomic mass is 32.1. The monoisotopic (exact) mass is 379 g/mol. The van der Waals surface area contributed by atoms with Crippen LogP contribution in [0.1, 0.15) is 31.3 Å². The number of anilines is 1. The molecule has 7 nitrogen and oxygen atoms in total. The summed E-state index contributed by atoms with van der Waals surface area (Å²) < 4.78 is 10.6. The summed E-state index contributed by atoms with van der Waals surface area (Å²) in [5, 5.41) is 11.2. The van der Waals surface area contributed by atoms with Crippen molar-refractivity contribution < 1.29 is 19.4 Å². The highest BCUT2D eigenvalue weighted by Gasteiger charge is 2.20. The Hall–Kier alpha value is -2.03. The first-order valence-corrected chi connectivity index (χ1v) is 9.23. The van der Waals surface area contributed by atoms with E-state index in [1.165, 1.54) is 11.3 Å². The summed E-state index contributed by atoms with van der Waals surface area (Å²) in [6.07, 6.45) is 1.71. The molecule has 26 heavy (non-hydrogen) atoms. The summed E-state index contributed by atoms with van der Waals surface area (Å²) in [7, 11) is 1.92. The minimum Gasteiger partial charge on any atom is -0.455 e. The van der Waals surface area contributed by atoms with Crippen LogP contribution in [0.15, 0.2) is 23.7 Å². The van der Waals surface area contributed by atoms with Crippen molar-refractivity contribution in [2.45, 2.75) is 26.4 Å². The molecule has 0 fully saturated rings. The summed E-state index contributed by atoms with van der Waals surface area (Å²) in [6.45, 7) is 6.98. The van der Waals surface area contributed by atoms with Crippen LogP contribution in [0.2, 0.25) is 0 Å². The Kier molecular flexibility index (Phi) is 7.07. The number of carbonyl (C=O) groups excluding carboxylic acids is 1. The van der Waals surface area contributed by atoms with E-state index in [2.05, 4.69) is 9.97 Å². The number of hydrogen-bond acceptors (Lipinski definition) is 8. The summed E-state index contributed by atoms with van der Waals surface area (Å²) in [6, 6.07) is 3.78. The fourth-order valence-corrected chi connectivity index (χ4v) is 2.86. The van der Waals surface area contributed by atoms with E-state index in [4.69, 9.17) is 14.6 Å².